The van der Waals surface area contributed by atoms with Gasteiger partial charge in [-0.25, -0.2) is 9.59 Å². The van der Waals surface area contributed by atoms with Gasteiger partial charge in [0.05, 0.1) is 12.7 Å². The van der Waals surface area contributed by atoms with Gasteiger partial charge in [0.25, 0.3) is 0 Å². The minimum absolute atomic E-state index is 0.0312. The number of carbonyl (C=O) groups excluding carboxylic acids is 1. The lowest BCUT2D eigenvalue weighted by Crippen LogP contribution is -2.11. The maximum absolute atomic E-state index is 12.6. The summed E-state index contributed by atoms with van der Waals surface area (Å²) in [5, 5.41) is 3.96. The zero-order valence-electron chi connectivity index (χ0n) is 16.0. The highest BCUT2D eigenvalue weighted by Crippen LogP contribution is 2.24. The second kappa shape index (κ2) is 9.08. The summed E-state index contributed by atoms with van der Waals surface area (Å²) in [7, 11) is 1.54. The number of rotatable bonds is 8. The number of esters is 1. The number of carbonyl (C=O) groups is 1. The van der Waals surface area contributed by atoms with Crippen molar-refractivity contribution in [2.75, 3.05) is 19.0 Å². The molecule has 2 aromatic carbocycles. The number of benzene rings is 2. The van der Waals surface area contributed by atoms with Crippen molar-refractivity contribution in [3.63, 3.8) is 0 Å². The second-order valence-electron chi connectivity index (χ2n) is 6.35. The van der Waals surface area contributed by atoms with Crippen molar-refractivity contribution in [2.45, 2.75) is 26.4 Å². The summed E-state index contributed by atoms with van der Waals surface area (Å²) >= 11 is 0. The monoisotopic (exact) mass is 381 g/mol. The van der Waals surface area contributed by atoms with Gasteiger partial charge in [0.2, 0.25) is 0 Å². The zero-order valence-corrected chi connectivity index (χ0v) is 16.0. The summed E-state index contributed by atoms with van der Waals surface area (Å²) in [4.78, 5) is 24.5. The molecule has 28 heavy (non-hydrogen) atoms. The first-order valence-electron chi connectivity index (χ1n) is 9.23. The molecule has 1 aromatic heterocycles. The van der Waals surface area contributed by atoms with E-state index in [-0.39, 0.29) is 6.61 Å². The molecule has 0 saturated carbocycles. The number of anilines is 1. The minimum atomic E-state index is -0.506. The predicted octanol–water partition coefficient (Wildman–Crippen LogP) is 4.37. The molecule has 6 heteroatoms. The molecule has 1 heterocycles. The van der Waals surface area contributed by atoms with Gasteiger partial charge < -0.3 is 19.2 Å². The molecule has 0 aliphatic carbocycles. The smallest absolute Gasteiger partial charge is 0.340 e. The van der Waals surface area contributed by atoms with Crippen LogP contribution in [-0.4, -0.2) is 19.6 Å². The first kappa shape index (κ1) is 19.5. The van der Waals surface area contributed by atoms with E-state index in [4.69, 9.17) is 13.9 Å². The quantitative estimate of drug-likeness (QED) is 0.355. The van der Waals surface area contributed by atoms with Crippen LogP contribution in [-0.2, 0) is 11.3 Å². The Morgan fingerprint density at radius 2 is 1.96 bits per heavy atom. The highest BCUT2D eigenvalue weighted by atomic mass is 16.5. The van der Waals surface area contributed by atoms with Crippen LogP contribution in [0.2, 0.25) is 0 Å². The van der Waals surface area contributed by atoms with Crippen molar-refractivity contribution in [2.24, 2.45) is 0 Å². The molecule has 0 amide bonds. The first-order valence-corrected chi connectivity index (χ1v) is 9.23. The van der Waals surface area contributed by atoms with Gasteiger partial charge in [-0.2, -0.15) is 0 Å². The number of fused-ring (bicyclic) bond motifs is 1. The molecule has 0 aliphatic heterocycles. The van der Waals surface area contributed by atoms with Gasteiger partial charge >= 0.3 is 11.6 Å². The van der Waals surface area contributed by atoms with E-state index in [1.54, 1.807) is 30.3 Å². The molecule has 1 N–H and O–H groups in total. The third kappa shape index (κ3) is 4.52. The molecule has 6 nitrogen and oxygen atoms in total. The van der Waals surface area contributed by atoms with E-state index < -0.39 is 11.6 Å². The molecule has 3 rings (SSSR count). The lowest BCUT2D eigenvalue weighted by atomic mass is 10.1. The summed E-state index contributed by atoms with van der Waals surface area (Å²) in [6, 6.07) is 13.8. The maximum Gasteiger partial charge on any atom is 0.340 e. The van der Waals surface area contributed by atoms with Crippen LogP contribution >= 0.6 is 0 Å². The van der Waals surface area contributed by atoms with E-state index in [0.29, 0.717) is 27.8 Å². The Morgan fingerprint density at radius 3 is 2.75 bits per heavy atom. The van der Waals surface area contributed by atoms with Crippen LogP contribution in [0.25, 0.3) is 11.0 Å². The Labute approximate surface area is 163 Å². The van der Waals surface area contributed by atoms with E-state index in [9.17, 15) is 9.59 Å². The summed E-state index contributed by atoms with van der Waals surface area (Å²) in [6.45, 7) is 2.86. The van der Waals surface area contributed by atoms with Gasteiger partial charge in [0, 0.05) is 35.3 Å². The molecular weight excluding hydrogens is 358 g/mol. The Bertz CT molecular complexity index is 1020. The van der Waals surface area contributed by atoms with Crippen LogP contribution in [0.4, 0.5) is 5.69 Å². The topological polar surface area (TPSA) is 77.8 Å². The third-order valence-electron chi connectivity index (χ3n) is 4.39. The van der Waals surface area contributed by atoms with Crippen LogP contribution in [0.15, 0.2) is 57.7 Å². The molecule has 0 saturated heterocycles. The first-order chi connectivity index (χ1) is 13.6. The second-order valence-corrected chi connectivity index (χ2v) is 6.35. The Morgan fingerprint density at radius 1 is 1.14 bits per heavy atom. The molecule has 0 spiro atoms. The average Bonchev–Trinajstić information content (AvgIpc) is 2.71. The van der Waals surface area contributed by atoms with Crippen molar-refractivity contribution < 1.29 is 18.7 Å². The molecular formula is C22H23NO5. The van der Waals surface area contributed by atoms with Gasteiger partial charge in [0.1, 0.15) is 17.9 Å². The molecule has 0 radical (unpaired) electrons. The number of ether oxygens (including phenoxy) is 2. The number of hydrogen-bond acceptors (Lipinski definition) is 6. The number of nitrogens with one attached hydrogen (secondary N) is 1. The van der Waals surface area contributed by atoms with Crippen molar-refractivity contribution in [1.82, 2.24) is 0 Å². The molecule has 3 aromatic rings. The molecule has 0 bridgehead atoms. The van der Waals surface area contributed by atoms with Crippen molar-refractivity contribution in [3.8, 4) is 5.75 Å². The van der Waals surface area contributed by atoms with E-state index in [2.05, 4.69) is 12.2 Å². The Balaban J connectivity index is 1.79. The van der Waals surface area contributed by atoms with Gasteiger partial charge in [-0.15, -0.1) is 0 Å². The average molecular weight is 381 g/mol. The minimum Gasteiger partial charge on any atom is -0.497 e. The Kier molecular flexibility index (Phi) is 6.32. The van der Waals surface area contributed by atoms with Gasteiger partial charge in [-0.3, -0.25) is 0 Å². The van der Waals surface area contributed by atoms with Gasteiger partial charge in [-0.1, -0.05) is 25.5 Å². The van der Waals surface area contributed by atoms with E-state index in [1.807, 2.05) is 12.1 Å². The zero-order chi connectivity index (χ0) is 19.9. The van der Waals surface area contributed by atoms with Crippen molar-refractivity contribution >= 4 is 22.6 Å². The van der Waals surface area contributed by atoms with E-state index in [1.165, 1.54) is 13.2 Å². The van der Waals surface area contributed by atoms with E-state index in [0.717, 1.165) is 25.1 Å². The summed E-state index contributed by atoms with van der Waals surface area (Å²) in [6.07, 6.45) is 2.08. The van der Waals surface area contributed by atoms with Crippen LogP contribution in [0, 0.1) is 0 Å². The van der Waals surface area contributed by atoms with E-state index >= 15 is 0 Å². The highest BCUT2D eigenvalue weighted by Gasteiger charge is 2.14. The number of para-hydroxylation sites is 1. The van der Waals surface area contributed by atoms with Gasteiger partial charge in [-0.05, 0) is 30.7 Å². The van der Waals surface area contributed by atoms with Crippen molar-refractivity contribution in [1.29, 1.82) is 0 Å². The SMILES string of the molecule is CCCCNc1ccccc1C(=O)OCc1cc(=O)oc2cc(OC)ccc12. The molecule has 146 valence electrons. The lowest BCUT2D eigenvalue weighted by Gasteiger charge is -2.12. The summed E-state index contributed by atoms with van der Waals surface area (Å²) in [5.74, 6) is 0.131. The maximum atomic E-state index is 12.6. The highest BCUT2D eigenvalue weighted by molar-refractivity contribution is 5.95. The summed E-state index contributed by atoms with van der Waals surface area (Å²) < 4.78 is 15.9. The standard InChI is InChI=1S/C22H23NO5/c1-3-4-11-23-19-8-6-5-7-18(19)22(25)27-14-15-12-21(24)28-20-13-16(26-2)9-10-17(15)20/h5-10,12-13,23H,3-4,11,14H2,1-2H3. The van der Waals surface area contributed by atoms with Crippen molar-refractivity contribution in [3.05, 3.63) is 70.1 Å². The van der Waals surface area contributed by atoms with Gasteiger partial charge in [0.15, 0.2) is 0 Å². The number of hydrogen-bond donors (Lipinski definition) is 1. The third-order valence-corrected chi connectivity index (χ3v) is 4.39. The van der Waals surface area contributed by atoms with Crippen LogP contribution in [0.5, 0.6) is 5.75 Å². The number of unbranched alkanes of at least 4 members (excludes halogenated alkanes) is 1. The summed E-state index contributed by atoms with van der Waals surface area (Å²) in [5.41, 5.74) is 1.67. The van der Waals surface area contributed by atoms with Crippen LogP contribution in [0.3, 0.4) is 0 Å². The largest absolute Gasteiger partial charge is 0.497 e. The number of methoxy groups -OCH3 is 1. The van der Waals surface area contributed by atoms with Crippen LogP contribution in [0.1, 0.15) is 35.7 Å². The molecule has 0 fully saturated rings. The molecule has 0 atom stereocenters. The predicted molar refractivity (Wildman–Crippen MR) is 108 cm³/mol. The fraction of sp³-hybridized carbons (Fsp3) is 0.273. The normalized spacial score (nSPS) is 10.6. The molecule has 0 aliphatic rings. The lowest BCUT2D eigenvalue weighted by molar-refractivity contribution is 0.0475. The van der Waals surface area contributed by atoms with Crippen LogP contribution < -0.4 is 15.7 Å². The molecule has 0 unspecified atom stereocenters. The Hall–Kier alpha value is -3.28. The fourth-order valence-electron chi connectivity index (χ4n) is 2.89. The fourth-order valence-corrected chi connectivity index (χ4v) is 2.89.